The van der Waals surface area contributed by atoms with Crippen molar-refractivity contribution >= 4 is 17.5 Å². The Morgan fingerprint density at radius 2 is 2.22 bits per heavy atom. The summed E-state index contributed by atoms with van der Waals surface area (Å²) in [5.74, 6) is 1.91. The third kappa shape index (κ3) is 3.68. The standard InChI is InChI=1S/C14H16N8O/c15-4-10-6-18-13(7-17-10)21-12-3-14(20-9-19-12)22-1-2-23-11(5-16)8-22/h3,6-7,9,11H,1-2,5,8,16H2,(H,18,19,20,21)/t11-/m1/s1. The molecule has 3 heterocycles. The van der Waals surface area contributed by atoms with Crippen molar-refractivity contribution in [2.24, 2.45) is 5.73 Å². The number of nitrogens with one attached hydrogen (secondary N) is 1. The number of nitriles is 1. The van der Waals surface area contributed by atoms with Gasteiger partial charge in [0, 0.05) is 25.7 Å². The van der Waals surface area contributed by atoms with Crippen LogP contribution >= 0.6 is 0 Å². The van der Waals surface area contributed by atoms with Gasteiger partial charge in [0.25, 0.3) is 0 Å². The number of rotatable bonds is 4. The Balaban J connectivity index is 1.73. The minimum absolute atomic E-state index is 0.0134. The van der Waals surface area contributed by atoms with Crippen molar-refractivity contribution in [1.29, 1.82) is 5.26 Å². The van der Waals surface area contributed by atoms with Crippen LogP contribution in [0.4, 0.5) is 17.5 Å². The van der Waals surface area contributed by atoms with Crippen molar-refractivity contribution in [2.75, 3.05) is 36.5 Å². The van der Waals surface area contributed by atoms with Crippen LogP contribution in [-0.2, 0) is 4.74 Å². The van der Waals surface area contributed by atoms with Gasteiger partial charge < -0.3 is 20.7 Å². The highest BCUT2D eigenvalue weighted by atomic mass is 16.5. The van der Waals surface area contributed by atoms with Crippen LogP contribution in [0.25, 0.3) is 0 Å². The fraction of sp³-hybridized carbons (Fsp3) is 0.357. The van der Waals surface area contributed by atoms with Gasteiger partial charge >= 0.3 is 0 Å². The maximum absolute atomic E-state index is 8.72. The molecule has 0 unspecified atom stereocenters. The minimum atomic E-state index is 0.0134. The van der Waals surface area contributed by atoms with Gasteiger partial charge in [0.2, 0.25) is 0 Å². The van der Waals surface area contributed by atoms with Crippen molar-refractivity contribution in [2.45, 2.75) is 6.10 Å². The lowest BCUT2D eigenvalue weighted by Crippen LogP contribution is -2.46. The van der Waals surface area contributed by atoms with E-state index < -0.39 is 0 Å². The second-order valence-corrected chi connectivity index (χ2v) is 4.96. The van der Waals surface area contributed by atoms with Gasteiger partial charge in [-0.1, -0.05) is 0 Å². The molecule has 1 atom stereocenters. The third-order valence-electron chi connectivity index (χ3n) is 3.40. The van der Waals surface area contributed by atoms with Crippen LogP contribution < -0.4 is 16.0 Å². The summed E-state index contributed by atoms with van der Waals surface area (Å²) >= 11 is 0. The Morgan fingerprint density at radius 3 is 2.96 bits per heavy atom. The van der Waals surface area contributed by atoms with E-state index in [1.54, 1.807) is 0 Å². The first-order valence-electron chi connectivity index (χ1n) is 7.16. The average molecular weight is 312 g/mol. The minimum Gasteiger partial charge on any atom is -0.373 e. The lowest BCUT2D eigenvalue weighted by molar-refractivity contribution is 0.0463. The van der Waals surface area contributed by atoms with Gasteiger partial charge in [0.15, 0.2) is 5.69 Å². The summed E-state index contributed by atoms with van der Waals surface area (Å²) in [5, 5.41) is 11.8. The van der Waals surface area contributed by atoms with Gasteiger partial charge in [0.1, 0.15) is 29.9 Å². The molecule has 2 aromatic heterocycles. The molecule has 118 valence electrons. The quantitative estimate of drug-likeness (QED) is 0.804. The molecule has 0 bridgehead atoms. The maximum Gasteiger partial charge on any atom is 0.158 e. The summed E-state index contributed by atoms with van der Waals surface area (Å²) in [5.41, 5.74) is 5.93. The summed E-state index contributed by atoms with van der Waals surface area (Å²) in [6.07, 6.45) is 4.39. The number of hydrogen-bond acceptors (Lipinski definition) is 9. The molecule has 1 fully saturated rings. The molecule has 1 aliphatic rings. The number of nitrogens with zero attached hydrogens (tertiary/aromatic N) is 6. The molecule has 3 N–H and O–H groups in total. The largest absolute Gasteiger partial charge is 0.373 e. The van der Waals surface area contributed by atoms with E-state index in [4.69, 9.17) is 15.7 Å². The molecule has 0 saturated carbocycles. The molecule has 9 heteroatoms. The summed E-state index contributed by atoms with van der Waals surface area (Å²) in [6, 6.07) is 3.76. The highest BCUT2D eigenvalue weighted by molar-refractivity contribution is 5.55. The SMILES string of the molecule is N#Cc1cnc(Nc2cc(N3CCO[C@H](CN)C3)ncn2)cn1. The van der Waals surface area contributed by atoms with Gasteiger partial charge in [-0.3, -0.25) is 0 Å². The topological polar surface area (TPSA) is 126 Å². The normalized spacial score (nSPS) is 17.6. The van der Waals surface area contributed by atoms with Crippen LogP contribution in [0, 0.1) is 11.3 Å². The molecule has 1 saturated heterocycles. The van der Waals surface area contributed by atoms with E-state index in [1.165, 1.54) is 18.7 Å². The highest BCUT2D eigenvalue weighted by Gasteiger charge is 2.20. The van der Waals surface area contributed by atoms with E-state index in [0.717, 1.165) is 12.4 Å². The van der Waals surface area contributed by atoms with E-state index in [2.05, 4.69) is 30.2 Å². The van der Waals surface area contributed by atoms with Crippen LogP contribution in [0.3, 0.4) is 0 Å². The molecule has 3 rings (SSSR count). The molecule has 23 heavy (non-hydrogen) atoms. The van der Waals surface area contributed by atoms with E-state index in [1.807, 2.05) is 12.1 Å². The van der Waals surface area contributed by atoms with Crippen molar-refractivity contribution < 1.29 is 4.74 Å². The fourth-order valence-electron chi connectivity index (χ4n) is 2.24. The predicted octanol–water partition coefficient (Wildman–Crippen LogP) is 0.0458. The Morgan fingerprint density at radius 1 is 1.30 bits per heavy atom. The first-order valence-corrected chi connectivity index (χ1v) is 7.16. The molecule has 0 amide bonds. The van der Waals surface area contributed by atoms with Crippen LogP contribution in [-0.4, -0.2) is 52.3 Å². The van der Waals surface area contributed by atoms with Gasteiger partial charge in [-0.2, -0.15) is 5.26 Å². The highest BCUT2D eigenvalue weighted by Crippen LogP contribution is 2.19. The molecule has 0 radical (unpaired) electrons. The van der Waals surface area contributed by atoms with Crippen molar-refractivity contribution in [3.63, 3.8) is 0 Å². The smallest absolute Gasteiger partial charge is 0.158 e. The van der Waals surface area contributed by atoms with Crippen LogP contribution in [0.5, 0.6) is 0 Å². The van der Waals surface area contributed by atoms with Gasteiger partial charge in [0.05, 0.1) is 25.1 Å². The summed E-state index contributed by atoms with van der Waals surface area (Å²) in [7, 11) is 0. The monoisotopic (exact) mass is 312 g/mol. The zero-order valence-corrected chi connectivity index (χ0v) is 12.4. The van der Waals surface area contributed by atoms with Crippen molar-refractivity contribution in [3.8, 4) is 6.07 Å². The number of nitrogens with two attached hydrogens (primary N) is 1. The molecule has 2 aromatic rings. The first kappa shape index (κ1) is 15.1. The van der Waals surface area contributed by atoms with Crippen molar-refractivity contribution in [3.05, 3.63) is 30.5 Å². The van der Waals surface area contributed by atoms with Gasteiger partial charge in [-0.05, 0) is 0 Å². The molecule has 0 aromatic carbocycles. The molecule has 0 spiro atoms. The Bertz CT molecular complexity index is 699. The molecule has 1 aliphatic heterocycles. The Kier molecular flexibility index (Phi) is 4.56. The zero-order valence-electron chi connectivity index (χ0n) is 12.4. The van der Waals surface area contributed by atoms with E-state index in [0.29, 0.717) is 31.3 Å². The van der Waals surface area contributed by atoms with Crippen LogP contribution in [0.1, 0.15) is 5.69 Å². The lowest BCUT2D eigenvalue weighted by atomic mass is 10.2. The number of aromatic nitrogens is 4. The Hall–Kier alpha value is -2.83. The number of hydrogen-bond donors (Lipinski definition) is 2. The van der Waals surface area contributed by atoms with Crippen LogP contribution in [0.2, 0.25) is 0 Å². The lowest BCUT2D eigenvalue weighted by Gasteiger charge is -2.33. The van der Waals surface area contributed by atoms with Gasteiger partial charge in [-0.15, -0.1) is 0 Å². The van der Waals surface area contributed by atoms with Crippen LogP contribution in [0.15, 0.2) is 24.8 Å². The second kappa shape index (κ2) is 6.95. The predicted molar refractivity (Wildman–Crippen MR) is 83.1 cm³/mol. The summed E-state index contributed by atoms with van der Waals surface area (Å²) in [4.78, 5) is 18.6. The number of anilines is 3. The molecular formula is C14H16N8O. The zero-order chi connectivity index (χ0) is 16.1. The van der Waals surface area contributed by atoms with E-state index in [-0.39, 0.29) is 11.8 Å². The second-order valence-electron chi connectivity index (χ2n) is 4.96. The molecule has 9 nitrogen and oxygen atoms in total. The van der Waals surface area contributed by atoms with Crippen molar-refractivity contribution in [1.82, 2.24) is 19.9 Å². The maximum atomic E-state index is 8.72. The average Bonchev–Trinajstić information content (AvgIpc) is 2.63. The molecule has 0 aliphatic carbocycles. The third-order valence-corrected chi connectivity index (χ3v) is 3.40. The first-order chi connectivity index (χ1) is 11.3. The summed E-state index contributed by atoms with van der Waals surface area (Å²) < 4.78 is 5.56. The summed E-state index contributed by atoms with van der Waals surface area (Å²) in [6.45, 7) is 2.55. The fourth-order valence-corrected chi connectivity index (χ4v) is 2.24. The van der Waals surface area contributed by atoms with E-state index >= 15 is 0 Å². The Labute approximate surface area is 133 Å². The van der Waals surface area contributed by atoms with E-state index in [9.17, 15) is 0 Å². The molecular weight excluding hydrogens is 296 g/mol. The number of ether oxygens (including phenoxy) is 1. The van der Waals surface area contributed by atoms with Gasteiger partial charge in [-0.25, -0.2) is 19.9 Å². The number of morpholine rings is 1.